The van der Waals surface area contributed by atoms with Crippen LogP contribution in [0.5, 0.6) is 0 Å². The molecule has 0 spiro atoms. The highest BCUT2D eigenvalue weighted by atomic mass is 32.2. The number of carbonyl (C=O) groups excluding carboxylic acids is 1. The number of aliphatic carboxylic acids is 1. The lowest BCUT2D eigenvalue weighted by atomic mass is 10.1. The van der Waals surface area contributed by atoms with E-state index < -0.39 is 34.2 Å². The molecule has 1 aromatic carbocycles. The molecule has 0 aliphatic carbocycles. The number of sulfonamides is 1. The Balaban J connectivity index is 2.62. The van der Waals surface area contributed by atoms with Crippen molar-refractivity contribution in [3.63, 3.8) is 0 Å². The highest BCUT2D eigenvalue weighted by molar-refractivity contribution is 7.89. The van der Waals surface area contributed by atoms with Crippen molar-refractivity contribution in [3.8, 4) is 0 Å². The summed E-state index contributed by atoms with van der Waals surface area (Å²) in [4.78, 5) is 22.0. The highest BCUT2D eigenvalue weighted by Crippen LogP contribution is 2.12. The number of primary sulfonamides is 1. The first kappa shape index (κ1) is 16.9. The van der Waals surface area contributed by atoms with Crippen molar-refractivity contribution >= 4 is 27.7 Å². The second kappa shape index (κ2) is 6.08. The monoisotopic (exact) mass is 317 g/mol. The molecule has 6 N–H and O–H groups in total. The molecule has 116 valence electrons. The molecule has 0 radical (unpaired) electrons. The molecule has 0 fully saturated rings. The van der Waals surface area contributed by atoms with E-state index in [2.05, 4.69) is 10.6 Å². The number of aliphatic hydroxyl groups is 1. The maximum Gasteiger partial charge on any atom is 0.337 e. The Morgan fingerprint density at radius 2 is 1.81 bits per heavy atom. The van der Waals surface area contributed by atoms with Gasteiger partial charge < -0.3 is 20.8 Å². The van der Waals surface area contributed by atoms with Crippen LogP contribution in [0.3, 0.4) is 0 Å². The zero-order chi connectivity index (χ0) is 16.3. The smallest absolute Gasteiger partial charge is 0.337 e. The standard InChI is InChI=1S/C11H15N3O6S/c1-11(18,9(15)16)6-13-10(17)14-7-2-4-8(5-3-7)21(12,19)20/h2-5,18H,6H2,1H3,(H,15,16)(H2,12,19,20)(H2,13,14,17). The largest absolute Gasteiger partial charge is 0.479 e. The summed E-state index contributed by atoms with van der Waals surface area (Å²) in [5, 5.41) is 27.5. The number of carboxylic acids is 1. The number of carboxylic acid groups (broad SMARTS) is 1. The summed E-state index contributed by atoms with van der Waals surface area (Å²) in [6.07, 6.45) is 0. The van der Waals surface area contributed by atoms with Gasteiger partial charge in [-0.1, -0.05) is 0 Å². The molecule has 1 unspecified atom stereocenters. The Morgan fingerprint density at radius 3 is 2.24 bits per heavy atom. The van der Waals surface area contributed by atoms with Crippen molar-refractivity contribution in [2.45, 2.75) is 17.4 Å². The molecular formula is C11H15N3O6S. The third-order valence-corrected chi connectivity index (χ3v) is 3.42. The number of nitrogens with two attached hydrogens (primary N) is 1. The van der Waals surface area contributed by atoms with Crippen LogP contribution in [0.25, 0.3) is 0 Å². The Bertz CT molecular complexity index is 638. The molecule has 0 bridgehead atoms. The van der Waals surface area contributed by atoms with Crippen LogP contribution >= 0.6 is 0 Å². The predicted octanol–water partition coefficient (Wildman–Crippen LogP) is -0.709. The van der Waals surface area contributed by atoms with Gasteiger partial charge in [-0.25, -0.2) is 23.1 Å². The van der Waals surface area contributed by atoms with Gasteiger partial charge in [0.05, 0.1) is 11.4 Å². The van der Waals surface area contributed by atoms with Crippen molar-refractivity contribution < 1.29 is 28.2 Å². The molecule has 1 rings (SSSR count). The first-order valence-electron chi connectivity index (χ1n) is 5.66. The quantitative estimate of drug-likeness (QED) is 0.482. The summed E-state index contributed by atoms with van der Waals surface area (Å²) in [7, 11) is -3.81. The van der Waals surface area contributed by atoms with Crippen LogP contribution in [0.2, 0.25) is 0 Å². The van der Waals surface area contributed by atoms with Crippen molar-refractivity contribution in [1.82, 2.24) is 5.32 Å². The number of amides is 2. The van der Waals surface area contributed by atoms with E-state index in [0.29, 0.717) is 0 Å². The summed E-state index contributed by atoms with van der Waals surface area (Å²) < 4.78 is 22.1. The minimum Gasteiger partial charge on any atom is -0.479 e. The van der Waals surface area contributed by atoms with Crippen LogP contribution in [0, 0.1) is 0 Å². The molecule has 0 aliphatic rings. The first-order valence-corrected chi connectivity index (χ1v) is 7.20. The lowest BCUT2D eigenvalue weighted by molar-refractivity contribution is -0.155. The van der Waals surface area contributed by atoms with E-state index in [1.54, 1.807) is 0 Å². The van der Waals surface area contributed by atoms with Crippen molar-refractivity contribution in [2.24, 2.45) is 5.14 Å². The van der Waals surface area contributed by atoms with Crippen LogP contribution in [-0.4, -0.2) is 42.8 Å². The van der Waals surface area contributed by atoms with Crippen molar-refractivity contribution in [2.75, 3.05) is 11.9 Å². The van der Waals surface area contributed by atoms with Crippen LogP contribution in [0.15, 0.2) is 29.2 Å². The van der Waals surface area contributed by atoms with Gasteiger partial charge in [0.2, 0.25) is 10.0 Å². The molecule has 0 saturated carbocycles. The number of carbonyl (C=O) groups is 2. The zero-order valence-electron chi connectivity index (χ0n) is 11.0. The number of anilines is 1. The Morgan fingerprint density at radius 1 is 1.29 bits per heavy atom. The van der Waals surface area contributed by atoms with Crippen LogP contribution in [0.1, 0.15) is 6.92 Å². The van der Waals surface area contributed by atoms with Gasteiger partial charge in [-0.05, 0) is 31.2 Å². The van der Waals surface area contributed by atoms with Gasteiger partial charge in [0.15, 0.2) is 5.60 Å². The number of hydrogen-bond donors (Lipinski definition) is 5. The summed E-state index contributed by atoms with van der Waals surface area (Å²) >= 11 is 0. The van der Waals surface area contributed by atoms with E-state index in [1.807, 2.05) is 0 Å². The van der Waals surface area contributed by atoms with E-state index in [-0.39, 0.29) is 10.6 Å². The molecule has 0 saturated heterocycles. The SMILES string of the molecule is CC(O)(CNC(=O)Nc1ccc(S(N)(=O)=O)cc1)C(=O)O. The lowest BCUT2D eigenvalue weighted by Crippen LogP contribution is -2.47. The molecule has 1 aromatic rings. The van der Waals surface area contributed by atoms with Gasteiger partial charge in [0, 0.05) is 5.69 Å². The molecule has 0 aromatic heterocycles. The van der Waals surface area contributed by atoms with E-state index in [9.17, 15) is 23.1 Å². The number of hydrogen-bond acceptors (Lipinski definition) is 5. The molecule has 1 atom stereocenters. The average Bonchev–Trinajstić information content (AvgIpc) is 2.36. The molecule has 0 aliphatic heterocycles. The first-order chi connectivity index (χ1) is 9.52. The minimum atomic E-state index is -3.81. The maximum atomic E-state index is 11.5. The van der Waals surface area contributed by atoms with Crippen LogP contribution < -0.4 is 15.8 Å². The maximum absolute atomic E-state index is 11.5. The molecule has 10 heteroatoms. The van der Waals surface area contributed by atoms with Gasteiger partial charge in [0.25, 0.3) is 0 Å². The Kier molecular flexibility index (Phi) is 4.88. The summed E-state index contributed by atoms with van der Waals surface area (Å²) in [5.74, 6) is -1.47. The molecule has 2 amide bonds. The van der Waals surface area contributed by atoms with Gasteiger partial charge in [-0.15, -0.1) is 0 Å². The van der Waals surface area contributed by atoms with Crippen LogP contribution in [-0.2, 0) is 14.8 Å². The third kappa shape index (κ3) is 5.02. The number of urea groups is 1. The fraction of sp³-hybridized carbons (Fsp3) is 0.273. The van der Waals surface area contributed by atoms with Crippen molar-refractivity contribution in [3.05, 3.63) is 24.3 Å². The van der Waals surface area contributed by atoms with E-state index in [0.717, 1.165) is 6.92 Å². The fourth-order valence-corrected chi connectivity index (χ4v) is 1.75. The summed E-state index contributed by atoms with van der Waals surface area (Å²) in [6.45, 7) is 0.542. The predicted molar refractivity (Wildman–Crippen MR) is 73.1 cm³/mol. The summed E-state index contributed by atoms with van der Waals surface area (Å²) in [6, 6.07) is 4.29. The molecule has 9 nitrogen and oxygen atoms in total. The second-order valence-electron chi connectivity index (χ2n) is 4.46. The number of nitrogens with one attached hydrogen (secondary N) is 2. The van der Waals surface area contributed by atoms with Gasteiger partial charge in [-0.3, -0.25) is 0 Å². The lowest BCUT2D eigenvalue weighted by Gasteiger charge is -2.18. The van der Waals surface area contributed by atoms with Gasteiger partial charge in [-0.2, -0.15) is 0 Å². The van der Waals surface area contributed by atoms with E-state index >= 15 is 0 Å². The molecular weight excluding hydrogens is 302 g/mol. The van der Waals surface area contributed by atoms with Crippen LogP contribution in [0.4, 0.5) is 10.5 Å². The van der Waals surface area contributed by atoms with Crippen molar-refractivity contribution in [1.29, 1.82) is 0 Å². The average molecular weight is 317 g/mol. The van der Waals surface area contributed by atoms with Gasteiger partial charge >= 0.3 is 12.0 Å². The number of rotatable bonds is 5. The molecule has 0 heterocycles. The second-order valence-corrected chi connectivity index (χ2v) is 6.02. The van der Waals surface area contributed by atoms with E-state index in [4.69, 9.17) is 10.2 Å². The normalized spacial score (nSPS) is 14.0. The van der Waals surface area contributed by atoms with E-state index in [1.165, 1.54) is 24.3 Å². The van der Waals surface area contributed by atoms with Gasteiger partial charge in [0.1, 0.15) is 0 Å². The Hall–Kier alpha value is -2.17. The number of benzene rings is 1. The third-order valence-electron chi connectivity index (χ3n) is 2.49. The fourth-order valence-electron chi connectivity index (χ4n) is 1.23. The molecule has 21 heavy (non-hydrogen) atoms. The topological polar surface area (TPSA) is 159 Å². The minimum absolute atomic E-state index is 0.109. The highest BCUT2D eigenvalue weighted by Gasteiger charge is 2.30. The Labute approximate surface area is 120 Å². The zero-order valence-corrected chi connectivity index (χ0v) is 11.8. The summed E-state index contributed by atoms with van der Waals surface area (Å²) in [5.41, 5.74) is -1.82.